The van der Waals surface area contributed by atoms with Crippen LogP contribution in [0.3, 0.4) is 0 Å². The van der Waals surface area contributed by atoms with E-state index in [2.05, 4.69) is 27.2 Å². The Morgan fingerprint density at radius 1 is 0.848 bits per heavy atom. The van der Waals surface area contributed by atoms with Crippen molar-refractivity contribution in [2.24, 2.45) is 0 Å². The minimum absolute atomic E-state index is 0.0296. The maximum atomic E-state index is 13.4. The number of hydrogen-bond donors (Lipinski definition) is 1. The van der Waals surface area contributed by atoms with E-state index < -0.39 is 0 Å². The van der Waals surface area contributed by atoms with Crippen molar-refractivity contribution in [1.29, 1.82) is 0 Å². The second-order valence-corrected chi connectivity index (χ2v) is 8.19. The Kier molecular flexibility index (Phi) is 7.60. The number of benzene rings is 3. The van der Waals surface area contributed by atoms with Crippen molar-refractivity contribution in [3.05, 3.63) is 90.0 Å². The van der Waals surface area contributed by atoms with E-state index in [-0.39, 0.29) is 11.9 Å². The Bertz CT molecular complexity index is 1030. The van der Waals surface area contributed by atoms with E-state index in [1.54, 1.807) is 14.2 Å². The fraction of sp³-hybridized carbons (Fsp3) is 0.296. The molecule has 1 atom stereocenters. The lowest BCUT2D eigenvalue weighted by atomic mass is 10.0. The highest BCUT2D eigenvalue weighted by Crippen LogP contribution is 2.26. The Labute approximate surface area is 195 Å². The van der Waals surface area contributed by atoms with Gasteiger partial charge in [0.15, 0.2) is 0 Å². The maximum Gasteiger partial charge on any atom is 0.246 e. The molecule has 172 valence electrons. The smallest absolute Gasteiger partial charge is 0.246 e. The highest BCUT2D eigenvalue weighted by molar-refractivity contribution is 5.95. The second-order valence-electron chi connectivity index (χ2n) is 8.19. The number of amides is 1. The monoisotopic (exact) mass is 445 g/mol. The van der Waals surface area contributed by atoms with Crippen LogP contribution in [0.5, 0.6) is 11.5 Å². The second kappa shape index (κ2) is 11.0. The van der Waals surface area contributed by atoms with E-state index >= 15 is 0 Å². The van der Waals surface area contributed by atoms with Crippen molar-refractivity contribution in [1.82, 2.24) is 9.80 Å². The van der Waals surface area contributed by atoms with E-state index in [1.807, 2.05) is 66.7 Å². The molecule has 33 heavy (non-hydrogen) atoms. The number of carbonyl (C=O) groups is 1. The third-order valence-electron chi connectivity index (χ3n) is 6.04. The van der Waals surface area contributed by atoms with Crippen molar-refractivity contribution < 1.29 is 14.3 Å². The van der Waals surface area contributed by atoms with Gasteiger partial charge in [-0.05, 0) is 35.4 Å². The first-order valence-electron chi connectivity index (χ1n) is 11.3. The molecule has 0 unspecified atom stereocenters. The van der Waals surface area contributed by atoms with Crippen LogP contribution in [-0.4, -0.2) is 56.1 Å². The lowest BCUT2D eigenvalue weighted by Gasteiger charge is -2.38. The molecule has 1 saturated heterocycles. The van der Waals surface area contributed by atoms with Crippen LogP contribution in [0.25, 0.3) is 0 Å². The molecule has 1 fully saturated rings. The summed E-state index contributed by atoms with van der Waals surface area (Å²) in [5.74, 6) is 1.56. The maximum absolute atomic E-state index is 13.4. The van der Waals surface area contributed by atoms with Crippen LogP contribution in [0.15, 0.2) is 78.9 Å². The zero-order valence-electron chi connectivity index (χ0n) is 19.2. The molecule has 0 spiro atoms. The number of piperazine rings is 1. The molecule has 0 radical (unpaired) electrons. The summed E-state index contributed by atoms with van der Waals surface area (Å²) >= 11 is 0. The summed E-state index contributed by atoms with van der Waals surface area (Å²) in [6.07, 6.45) is 0. The van der Waals surface area contributed by atoms with E-state index in [4.69, 9.17) is 9.47 Å². The molecular formula is C27H31N3O3. The molecular weight excluding hydrogens is 414 g/mol. The number of ether oxygens (including phenoxy) is 2. The average molecular weight is 446 g/mol. The highest BCUT2D eigenvalue weighted by Gasteiger charge is 2.30. The number of nitrogens with one attached hydrogen (secondary N) is 1. The van der Waals surface area contributed by atoms with Crippen molar-refractivity contribution in [2.75, 3.05) is 45.7 Å². The van der Waals surface area contributed by atoms with E-state index in [0.29, 0.717) is 0 Å². The average Bonchev–Trinajstić information content (AvgIpc) is 2.86. The molecule has 1 N–H and O–H groups in total. The number of carbonyl (C=O) groups excluding carboxylic acids is 1. The molecule has 3 aromatic rings. The van der Waals surface area contributed by atoms with Crippen LogP contribution in [0.4, 0.5) is 5.69 Å². The van der Waals surface area contributed by atoms with Crippen molar-refractivity contribution in [3.63, 3.8) is 0 Å². The number of rotatable bonds is 8. The number of methoxy groups -OCH3 is 2. The third-order valence-corrected chi connectivity index (χ3v) is 6.04. The summed E-state index contributed by atoms with van der Waals surface area (Å²) in [5, 5.41) is 3.09. The van der Waals surface area contributed by atoms with Crippen LogP contribution in [0.2, 0.25) is 0 Å². The summed E-state index contributed by atoms with van der Waals surface area (Å²) in [6, 6.07) is 25.4. The molecule has 1 amide bonds. The predicted octanol–water partition coefficient (Wildman–Crippen LogP) is 4.20. The Balaban J connectivity index is 1.43. The molecule has 0 bridgehead atoms. The Hall–Kier alpha value is -3.35. The summed E-state index contributed by atoms with van der Waals surface area (Å²) < 4.78 is 10.6. The summed E-state index contributed by atoms with van der Waals surface area (Å²) in [6.45, 7) is 4.34. The van der Waals surface area contributed by atoms with E-state index in [0.717, 1.165) is 55.5 Å². The van der Waals surface area contributed by atoms with Crippen LogP contribution in [0, 0.1) is 0 Å². The minimum atomic E-state index is -0.347. The van der Waals surface area contributed by atoms with Gasteiger partial charge in [0, 0.05) is 44.5 Å². The van der Waals surface area contributed by atoms with Crippen LogP contribution in [0.1, 0.15) is 17.2 Å². The molecule has 1 heterocycles. The van der Waals surface area contributed by atoms with Gasteiger partial charge in [0.1, 0.15) is 17.5 Å². The van der Waals surface area contributed by atoms with Crippen LogP contribution < -0.4 is 14.8 Å². The predicted molar refractivity (Wildman–Crippen MR) is 131 cm³/mol. The zero-order valence-corrected chi connectivity index (χ0v) is 19.2. The lowest BCUT2D eigenvalue weighted by Crippen LogP contribution is -2.49. The summed E-state index contributed by atoms with van der Waals surface area (Å²) in [5.41, 5.74) is 3.00. The highest BCUT2D eigenvalue weighted by atomic mass is 16.5. The van der Waals surface area contributed by atoms with Gasteiger partial charge >= 0.3 is 0 Å². The van der Waals surface area contributed by atoms with Gasteiger partial charge in [0.2, 0.25) is 5.91 Å². The first kappa shape index (κ1) is 22.8. The quantitative estimate of drug-likeness (QED) is 0.563. The molecule has 6 nitrogen and oxygen atoms in total. The topological polar surface area (TPSA) is 54.0 Å². The van der Waals surface area contributed by atoms with Gasteiger partial charge in [0.25, 0.3) is 0 Å². The first-order chi connectivity index (χ1) is 16.2. The van der Waals surface area contributed by atoms with Crippen LogP contribution >= 0.6 is 0 Å². The zero-order chi connectivity index (χ0) is 23.0. The Morgan fingerprint density at radius 3 is 2.21 bits per heavy atom. The van der Waals surface area contributed by atoms with Crippen molar-refractivity contribution in [3.8, 4) is 11.5 Å². The standard InChI is InChI=1S/C27H31N3O3/c1-32-24-13-11-21(12-14-24)20-29-15-17-30(18-16-29)26(22-7-4-3-5-8-22)27(31)28-23-9-6-10-25(19-23)33-2/h3-14,19,26H,15-18,20H2,1-2H3,(H,28,31)/t26-/m1/s1. The van der Waals surface area contributed by atoms with Gasteiger partial charge in [-0.1, -0.05) is 48.5 Å². The summed E-state index contributed by atoms with van der Waals surface area (Å²) in [7, 11) is 3.31. The van der Waals surface area contributed by atoms with Gasteiger partial charge in [-0.2, -0.15) is 0 Å². The van der Waals surface area contributed by atoms with Gasteiger partial charge in [-0.15, -0.1) is 0 Å². The first-order valence-corrected chi connectivity index (χ1v) is 11.3. The van der Waals surface area contributed by atoms with Gasteiger partial charge in [0.05, 0.1) is 14.2 Å². The molecule has 0 saturated carbocycles. The molecule has 4 rings (SSSR count). The largest absolute Gasteiger partial charge is 0.497 e. The molecule has 3 aromatic carbocycles. The van der Waals surface area contributed by atoms with Crippen LogP contribution in [-0.2, 0) is 11.3 Å². The van der Waals surface area contributed by atoms with Gasteiger partial charge in [-0.3, -0.25) is 14.6 Å². The van der Waals surface area contributed by atoms with Gasteiger partial charge < -0.3 is 14.8 Å². The van der Waals surface area contributed by atoms with Gasteiger partial charge in [-0.25, -0.2) is 0 Å². The molecule has 0 aromatic heterocycles. The third kappa shape index (κ3) is 5.92. The molecule has 1 aliphatic rings. The number of hydrogen-bond acceptors (Lipinski definition) is 5. The lowest BCUT2D eigenvalue weighted by molar-refractivity contribution is -0.122. The van der Waals surface area contributed by atoms with E-state index in [1.165, 1.54) is 5.56 Å². The normalized spacial score (nSPS) is 15.6. The summed E-state index contributed by atoms with van der Waals surface area (Å²) in [4.78, 5) is 18.1. The fourth-order valence-corrected chi connectivity index (χ4v) is 4.24. The van der Waals surface area contributed by atoms with E-state index in [9.17, 15) is 4.79 Å². The van der Waals surface area contributed by atoms with Crippen molar-refractivity contribution in [2.45, 2.75) is 12.6 Å². The number of anilines is 1. The SMILES string of the molecule is COc1ccc(CN2CCN([C@@H](C(=O)Nc3cccc(OC)c3)c3ccccc3)CC2)cc1. The minimum Gasteiger partial charge on any atom is -0.497 e. The number of nitrogens with zero attached hydrogens (tertiary/aromatic N) is 2. The Morgan fingerprint density at radius 2 is 1.55 bits per heavy atom. The fourth-order valence-electron chi connectivity index (χ4n) is 4.24. The molecule has 0 aliphatic carbocycles. The molecule has 6 heteroatoms. The van der Waals surface area contributed by atoms with Crippen molar-refractivity contribution >= 4 is 11.6 Å². The molecule has 1 aliphatic heterocycles.